The molecule has 0 saturated carbocycles. The smallest absolute Gasteiger partial charge is 0.212 e. The van der Waals surface area contributed by atoms with Crippen molar-refractivity contribution in [2.45, 2.75) is 10.9 Å². The summed E-state index contributed by atoms with van der Waals surface area (Å²) in [5.41, 5.74) is 2.01. The number of nitrogens with zero attached hydrogens (tertiary/aromatic N) is 4. The average molecular weight is 415 g/mol. The number of rotatable bonds is 9. The minimum absolute atomic E-state index is 0.415. The van der Waals surface area contributed by atoms with E-state index in [4.69, 9.17) is 21.1 Å². The van der Waals surface area contributed by atoms with E-state index >= 15 is 0 Å². The van der Waals surface area contributed by atoms with Crippen molar-refractivity contribution in [2.24, 2.45) is 5.10 Å². The topological polar surface area (TPSA) is 61.5 Å². The Kier molecular flexibility index (Phi) is 7.11. The number of hydrogen-bond donors (Lipinski definition) is 0. The van der Waals surface area contributed by atoms with E-state index in [2.05, 4.69) is 21.9 Å². The molecule has 1 aromatic heterocycles. The van der Waals surface area contributed by atoms with Gasteiger partial charge in [0.2, 0.25) is 5.16 Å². The lowest BCUT2D eigenvalue weighted by Crippen LogP contribution is -1.97. The fourth-order valence-corrected chi connectivity index (χ4v) is 3.23. The van der Waals surface area contributed by atoms with E-state index in [-0.39, 0.29) is 0 Å². The zero-order valence-electron chi connectivity index (χ0n) is 15.3. The van der Waals surface area contributed by atoms with Gasteiger partial charge in [-0.2, -0.15) is 9.78 Å². The molecular weight excluding hydrogens is 396 g/mol. The van der Waals surface area contributed by atoms with Gasteiger partial charge in [0.05, 0.1) is 13.3 Å². The number of benzene rings is 2. The van der Waals surface area contributed by atoms with Crippen LogP contribution >= 0.6 is 23.4 Å². The second-order valence-corrected chi connectivity index (χ2v) is 7.01. The molecule has 8 heteroatoms. The van der Waals surface area contributed by atoms with Gasteiger partial charge < -0.3 is 9.47 Å². The van der Waals surface area contributed by atoms with Crippen LogP contribution in [-0.4, -0.2) is 34.8 Å². The highest BCUT2D eigenvalue weighted by Crippen LogP contribution is 2.27. The molecule has 0 aliphatic carbocycles. The minimum atomic E-state index is 0.415. The highest BCUT2D eigenvalue weighted by Gasteiger charge is 2.06. The third kappa shape index (κ3) is 5.37. The average Bonchev–Trinajstić information content (AvgIpc) is 3.18. The Balaban J connectivity index is 1.68. The third-order valence-electron chi connectivity index (χ3n) is 3.66. The van der Waals surface area contributed by atoms with E-state index in [0.717, 1.165) is 21.9 Å². The van der Waals surface area contributed by atoms with Gasteiger partial charge in [-0.15, -0.1) is 10.2 Å². The standard InChI is InChI=1S/C20H19ClN4O2S/c1-3-10-27-18-9-6-16(11-19(18)26-2)12-23-25-14-22-24-20(25)28-13-15-4-7-17(21)8-5-15/h3-9,11-12,14H,1,10,13H2,2H3/b23-12+. The van der Waals surface area contributed by atoms with Crippen LogP contribution in [-0.2, 0) is 5.75 Å². The van der Waals surface area contributed by atoms with E-state index in [1.165, 1.54) is 0 Å². The van der Waals surface area contributed by atoms with Crippen molar-refractivity contribution < 1.29 is 9.47 Å². The largest absolute Gasteiger partial charge is 0.493 e. The van der Waals surface area contributed by atoms with Crippen LogP contribution in [0.15, 0.2) is 71.7 Å². The van der Waals surface area contributed by atoms with Crippen molar-refractivity contribution in [3.8, 4) is 11.5 Å². The van der Waals surface area contributed by atoms with Crippen LogP contribution in [0.5, 0.6) is 11.5 Å². The Morgan fingerprint density at radius 1 is 1.21 bits per heavy atom. The van der Waals surface area contributed by atoms with Crippen molar-refractivity contribution in [2.75, 3.05) is 13.7 Å². The fraction of sp³-hybridized carbons (Fsp3) is 0.150. The van der Waals surface area contributed by atoms with Crippen LogP contribution in [0.3, 0.4) is 0 Å². The molecule has 0 atom stereocenters. The summed E-state index contributed by atoms with van der Waals surface area (Å²) in [6, 6.07) is 13.3. The summed E-state index contributed by atoms with van der Waals surface area (Å²) < 4.78 is 12.6. The number of ether oxygens (including phenoxy) is 2. The van der Waals surface area contributed by atoms with Gasteiger partial charge in [-0.05, 0) is 41.5 Å². The molecule has 0 amide bonds. The zero-order valence-corrected chi connectivity index (χ0v) is 16.9. The quantitative estimate of drug-likeness (QED) is 0.289. The van der Waals surface area contributed by atoms with E-state index in [1.807, 2.05) is 42.5 Å². The van der Waals surface area contributed by atoms with Gasteiger partial charge in [0, 0.05) is 10.8 Å². The maximum Gasteiger partial charge on any atom is 0.212 e. The monoisotopic (exact) mass is 414 g/mol. The molecule has 28 heavy (non-hydrogen) atoms. The lowest BCUT2D eigenvalue weighted by atomic mass is 10.2. The van der Waals surface area contributed by atoms with Crippen molar-refractivity contribution in [1.82, 2.24) is 14.9 Å². The molecule has 0 saturated heterocycles. The lowest BCUT2D eigenvalue weighted by Gasteiger charge is -2.09. The first-order chi connectivity index (χ1) is 13.7. The second-order valence-electron chi connectivity index (χ2n) is 5.63. The molecule has 0 spiro atoms. The van der Waals surface area contributed by atoms with Crippen LogP contribution in [0.25, 0.3) is 0 Å². The highest BCUT2D eigenvalue weighted by atomic mass is 35.5. The summed E-state index contributed by atoms with van der Waals surface area (Å²) in [5, 5.41) is 13.9. The zero-order chi connectivity index (χ0) is 19.8. The molecule has 0 unspecified atom stereocenters. The first kappa shape index (κ1) is 20.0. The number of thioether (sulfide) groups is 1. The van der Waals surface area contributed by atoms with Crippen LogP contribution < -0.4 is 9.47 Å². The summed E-state index contributed by atoms with van der Waals surface area (Å²) in [6.45, 7) is 4.06. The van der Waals surface area contributed by atoms with E-state index in [9.17, 15) is 0 Å². The van der Waals surface area contributed by atoms with Crippen molar-refractivity contribution >= 4 is 29.6 Å². The lowest BCUT2D eigenvalue weighted by molar-refractivity contribution is 0.326. The summed E-state index contributed by atoms with van der Waals surface area (Å²) in [6.07, 6.45) is 4.97. The van der Waals surface area contributed by atoms with Gasteiger partial charge in [-0.3, -0.25) is 0 Å². The van der Waals surface area contributed by atoms with E-state index in [1.54, 1.807) is 42.2 Å². The Morgan fingerprint density at radius 2 is 2.04 bits per heavy atom. The van der Waals surface area contributed by atoms with Crippen LogP contribution in [0.2, 0.25) is 5.02 Å². The van der Waals surface area contributed by atoms with E-state index < -0.39 is 0 Å². The second kappa shape index (κ2) is 9.96. The molecule has 144 valence electrons. The SMILES string of the molecule is C=CCOc1ccc(/C=N/n2cnnc2SCc2ccc(Cl)cc2)cc1OC. The van der Waals surface area contributed by atoms with Gasteiger partial charge in [-0.25, -0.2) is 0 Å². The summed E-state index contributed by atoms with van der Waals surface area (Å²) in [7, 11) is 1.60. The molecule has 0 bridgehead atoms. The summed E-state index contributed by atoms with van der Waals surface area (Å²) in [4.78, 5) is 0. The van der Waals surface area contributed by atoms with Crippen LogP contribution in [0.1, 0.15) is 11.1 Å². The molecule has 0 radical (unpaired) electrons. The fourth-order valence-electron chi connectivity index (χ4n) is 2.28. The van der Waals surface area contributed by atoms with Gasteiger partial charge in [-0.1, -0.05) is 48.2 Å². The molecule has 2 aromatic carbocycles. The molecule has 3 rings (SSSR count). The van der Waals surface area contributed by atoms with E-state index in [0.29, 0.717) is 23.3 Å². The number of aromatic nitrogens is 3. The molecule has 0 aliphatic heterocycles. The Bertz CT molecular complexity index is 957. The summed E-state index contributed by atoms with van der Waals surface area (Å²) in [5.74, 6) is 2.03. The van der Waals surface area contributed by atoms with Gasteiger partial charge in [0.25, 0.3) is 0 Å². The normalized spacial score (nSPS) is 10.9. The molecular formula is C20H19ClN4O2S. The third-order valence-corrected chi connectivity index (χ3v) is 4.91. The molecule has 6 nitrogen and oxygen atoms in total. The van der Waals surface area contributed by atoms with Gasteiger partial charge >= 0.3 is 0 Å². The molecule has 3 aromatic rings. The first-order valence-corrected chi connectivity index (χ1v) is 9.79. The van der Waals surface area contributed by atoms with Crippen molar-refractivity contribution in [3.63, 3.8) is 0 Å². The first-order valence-electron chi connectivity index (χ1n) is 8.43. The Hall–Kier alpha value is -2.77. The maximum atomic E-state index is 5.92. The predicted molar refractivity (Wildman–Crippen MR) is 113 cm³/mol. The maximum absolute atomic E-state index is 5.92. The number of halogens is 1. The molecule has 0 fully saturated rings. The predicted octanol–water partition coefficient (Wildman–Crippen LogP) is 4.68. The van der Waals surface area contributed by atoms with Gasteiger partial charge in [0.1, 0.15) is 12.9 Å². The van der Waals surface area contributed by atoms with Crippen molar-refractivity contribution in [3.05, 3.63) is 77.6 Å². The van der Waals surface area contributed by atoms with Crippen LogP contribution in [0.4, 0.5) is 0 Å². The van der Waals surface area contributed by atoms with Crippen molar-refractivity contribution in [1.29, 1.82) is 0 Å². The number of hydrogen-bond acceptors (Lipinski definition) is 6. The minimum Gasteiger partial charge on any atom is -0.493 e. The highest BCUT2D eigenvalue weighted by molar-refractivity contribution is 7.98. The Labute approximate surface area is 172 Å². The van der Waals surface area contributed by atoms with Gasteiger partial charge in [0.15, 0.2) is 11.5 Å². The Morgan fingerprint density at radius 3 is 2.79 bits per heavy atom. The van der Waals surface area contributed by atoms with Crippen LogP contribution in [0, 0.1) is 0 Å². The molecule has 0 N–H and O–H groups in total. The molecule has 0 aliphatic rings. The molecule has 1 heterocycles. The number of methoxy groups -OCH3 is 1. The summed E-state index contributed by atoms with van der Waals surface area (Å²) >= 11 is 7.46.